The van der Waals surface area contributed by atoms with Crippen LogP contribution in [-0.4, -0.2) is 30.2 Å². The topological polar surface area (TPSA) is 69.6 Å². The van der Waals surface area contributed by atoms with Crippen molar-refractivity contribution in [3.63, 3.8) is 0 Å². The van der Waals surface area contributed by atoms with E-state index in [0.717, 1.165) is 5.69 Å². The molecule has 1 rings (SSSR count). The molecule has 0 heterocycles. The van der Waals surface area contributed by atoms with Crippen LogP contribution in [0.2, 0.25) is 0 Å². The van der Waals surface area contributed by atoms with Gasteiger partial charge in [0.1, 0.15) is 0 Å². The molecule has 1 aromatic rings. The summed E-state index contributed by atoms with van der Waals surface area (Å²) in [5.74, 6) is -1.29. The lowest BCUT2D eigenvalue weighted by Gasteiger charge is -2.21. The van der Waals surface area contributed by atoms with Crippen LogP contribution in [0.25, 0.3) is 0 Å². The number of carbonyl (C=O) groups excluding carboxylic acids is 1. The molecule has 0 spiro atoms. The average Bonchev–Trinajstić information content (AvgIpc) is 2.40. The fraction of sp³-hybridized carbons (Fsp3) is 0.429. The predicted octanol–water partition coefficient (Wildman–Crippen LogP) is 2.33. The highest BCUT2D eigenvalue weighted by molar-refractivity contribution is 5.91. The maximum Gasteiger partial charge on any atom is 0.321 e. The summed E-state index contributed by atoms with van der Waals surface area (Å²) in [6, 6.07) is 9.16. The monoisotopic (exact) mass is 264 g/mol. The number of benzene rings is 1. The zero-order valence-corrected chi connectivity index (χ0v) is 11.3. The van der Waals surface area contributed by atoms with Crippen molar-refractivity contribution in [2.75, 3.05) is 18.0 Å². The molecule has 0 bridgehead atoms. The van der Waals surface area contributed by atoms with Crippen molar-refractivity contribution in [1.29, 1.82) is 0 Å². The summed E-state index contributed by atoms with van der Waals surface area (Å²) < 4.78 is 0. The van der Waals surface area contributed by atoms with E-state index in [0.29, 0.717) is 19.5 Å². The SMILES string of the molecule is CCN(C(=O)NCCC(C)C(=O)O)c1ccccc1. The van der Waals surface area contributed by atoms with Gasteiger partial charge < -0.3 is 10.4 Å². The average molecular weight is 264 g/mol. The van der Waals surface area contributed by atoms with Gasteiger partial charge in [-0.25, -0.2) is 4.79 Å². The van der Waals surface area contributed by atoms with Crippen molar-refractivity contribution in [2.45, 2.75) is 20.3 Å². The van der Waals surface area contributed by atoms with Gasteiger partial charge in [-0.15, -0.1) is 0 Å². The zero-order valence-electron chi connectivity index (χ0n) is 11.3. The van der Waals surface area contributed by atoms with E-state index in [9.17, 15) is 9.59 Å². The van der Waals surface area contributed by atoms with Crippen LogP contribution in [-0.2, 0) is 4.79 Å². The van der Waals surface area contributed by atoms with Crippen molar-refractivity contribution in [3.8, 4) is 0 Å². The van der Waals surface area contributed by atoms with Crippen molar-refractivity contribution in [2.24, 2.45) is 5.92 Å². The number of urea groups is 1. The van der Waals surface area contributed by atoms with Crippen LogP contribution < -0.4 is 10.2 Å². The van der Waals surface area contributed by atoms with Crippen LogP contribution >= 0.6 is 0 Å². The van der Waals surface area contributed by atoms with Crippen molar-refractivity contribution < 1.29 is 14.7 Å². The van der Waals surface area contributed by atoms with Gasteiger partial charge in [-0.3, -0.25) is 9.69 Å². The van der Waals surface area contributed by atoms with Gasteiger partial charge in [-0.2, -0.15) is 0 Å². The Morgan fingerprint density at radius 2 is 1.95 bits per heavy atom. The molecular formula is C14H20N2O3. The highest BCUT2D eigenvalue weighted by atomic mass is 16.4. The third kappa shape index (κ3) is 4.62. The standard InChI is InChI=1S/C14H20N2O3/c1-3-16(12-7-5-4-6-8-12)14(19)15-10-9-11(2)13(17)18/h4-8,11H,3,9-10H2,1-2H3,(H,15,19)(H,17,18). The Morgan fingerprint density at radius 3 is 2.47 bits per heavy atom. The van der Waals surface area contributed by atoms with Crippen LogP contribution in [0.15, 0.2) is 30.3 Å². The Bertz CT molecular complexity index is 420. The molecule has 2 N–H and O–H groups in total. The number of carbonyl (C=O) groups is 2. The first-order valence-corrected chi connectivity index (χ1v) is 6.39. The molecule has 0 saturated carbocycles. The molecule has 5 nitrogen and oxygen atoms in total. The molecule has 19 heavy (non-hydrogen) atoms. The maximum atomic E-state index is 12.0. The minimum atomic E-state index is -0.843. The predicted molar refractivity (Wildman–Crippen MR) is 74.3 cm³/mol. The smallest absolute Gasteiger partial charge is 0.321 e. The second kappa shape index (κ2) is 7.41. The fourth-order valence-electron chi connectivity index (χ4n) is 1.67. The lowest BCUT2D eigenvalue weighted by molar-refractivity contribution is -0.141. The molecule has 0 radical (unpaired) electrons. The first-order valence-electron chi connectivity index (χ1n) is 6.39. The summed E-state index contributed by atoms with van der Waals surface area (Å²) >= 11 is 0. The van der Waals surface area contributed by atoms with E-state index in [2.05, 4.69) is 5.32 Å². The minimum Gasteiger partial charge on any atom is -0.481 e. The molecule has 1 unspecified atom stereocenters. The normalized spacial score (nSPS) is 11.7. The Morgan fingerprint density at radius 1 is 1.32 bits per heavy atom. The number of aliphatic carboxylic acids is 1. The molecular weight excluding hydrogens is 244 g/mol. The Hall–Kier alpha value is -2.04. The molecule has 0 aliphatic carbocycles. The van der Waals surface area contributed by atoms with E-state index >= 15 is 0 Å². The summed E-state index contributed by atoms with van der Waals surface area (Å²) in [5.41, 5.74) is 0.828. The van der Waals surface area contributed by atoms with Crippen molar-refractivity contribution in [1.82, 2.24) is 5.32 Å². The number of hydrogen-bond acceptors (Lipinski definition) is 2. The quantitative estimate of drug-likeness (QED) is 0.828. The van der Waals surface area contributed by atoms with E-state index in [4.69, 9.17) is 5.11 Å². The second-order valence-electron chi connectivity index (χ2n) is 4.34. The summed E-state index contributed by atoms with van der Waals surface area (Å²) in [6.45, 7) is 4.44. The maximum absolute atomic E-state index is 12.0. The highest BCUT2D eigenvalue weighted by Gasteiger charge is 2.14. The highest BCUT2D eigenvalue weighted by Crippen LogP contribution is 2.12. The Kier molecular flexibility index (Phi) is 5.85. The molecule has 1 aromatic carbocycles. The Labute approximate surface area is 113 Å². The molecule has 1 atom stereocenters. The molecule has 0 aliphatic heterocycles. The number of anilines is 1. The molecule has 2 amide bonds. The fourth-order valence-corrected chi connectivity index (χ4v) is 1.67. The molecule has 104 valence electrons. The summed E-state index contributed by atoms with van der Waals surface area (Å²) in [5, 5.41) is 11.5. The van der Waals surface area contributed by atoms with Gasteiger partial charge in [0, 0.05) is 18.8 Å². The number of para-hydroxylation sites is 1. The zero-order chi connectivity index (χ0) is 14.3. The summed E-state index contributed by atoms with van der Waals surface area (Å²) in [6.07, 6.45) is 0.424. The molecule has 0 aromatic heterocycles. The lowest BCUT2D eigenvalue weighted by atomic mass is 10.1. The number of carboxylic acid groups (broad SMARTS) is 1. The number of hydrogen-bond donors (Lipinski definition) is 2. The molecule has 0 saturated heterocycles. The largest absolute Gasteiger partial charge is 0.481 e. The molecule has 0 aliphatic rings. The lowest BCUT2D eigenvalue weighted by Crippen LogP contribution is -2.40. The molecule has 5 heteroatoms. The number of nitrogens with zero attached hydrogens (tertiary/aromatic N) is 1. The summed E-state index contributed by atoms with van der Waals surface area (Å²) in [4.78, 5) is 24.3. The van der Waals surface area contributed by atoms with Gasteiger partial charge in [0.15, 0.2) is 0 Å². The van der Waals surface area contributed by atoms with E-state index in [-0.39, 0.29) is 6.03 Å². The third-order valence-electron chi connectivity index (χ3n) is 2.90. The summed E-state index contributed by atoms with van der Waals surface area (Å²) in [7, 11) is 0. The van der Waals surface area contributed by atoms with Crippen LogP contribution in [0.4, 0.5) is 10.5 Å². The van der Waals surface area contributed by atoms with Crippen LogP contribution in [0.5, 0.6) is 0 Å². The number of carboxylic acids is 1. The van der Waals surface area contributed by atoms with Gasteiger partial charge in [-0.05, 0) is 25.5 Å². The van der Waals surface area contributed by atoms with Crippen LogP contribution in [0.1, 0.15) is 20.3 Å². The van der Waals surface area contributed by atoms with Gasteiger partial charge in [-0.1, -0.05) is 25.1 Å². The van der Waals surface area contributed by atoms with Crippen LogP contribution in [0, 0.1) is 5.92 Å². The van der Waals surface area contributed by atoms with E-state index in [1.165, 1.54) is 0 Å². The van der Waals surface area contributed by atoms with Crippen molar-refractivity contribution >= 4 is 17.7 Å². The number of amides is 2. The van der Waals surface area contributed by atoms with Gasteiger partial charge >= 0.3 is 12.0 Å². The van der Waals surface area contributed by atoms with Gasteiger partial charge in [0.2, 0.25) is 0 Å². The van der Waals surface area contributed by atoms with E-state index < -0.39 is 11.9 Å². The number of rotatable bonds is 6. The number of nitrogens with one attached hydrogen (secondary N) is 1. The minimum absolute atomic E-state index is 0.203. The third-order valence-corrected chi connectivity index (χ3v) is 2.90. The Balaban J connectivity index is 2.49. The first-order chi connectivity index (χ1) is 9.06. The van der Waals surface area contributed by atoms with Crippen molar-refractivity contribution in [3.05, 3.63) is 30.3 Å². The van der Waals surface area contributed by atoms with E-state index in [1.807, 2.05) is 37.3 Å². The van der Waals surface area contributed by atoms with E-state index in [1.54, 1.807) is 11.8 Å². The van der Waals surface area contributed by atoms with Gasteiger partial charge in [0.05, 0.1) is 5.92 Å². The van der Waals surface area contributed by atoms with Gasteiger partial charge in [0.25, 0.3) is 0 Å². The second-order valence-corrected chi connectivity index (χ2v) is 4.34. The molecule has 0 fully saturated rings. The first kappa shape index (κ1) is 15.0. The van der Waals surface area contributed by atoms with Crippen LogP contribution in [0.3, 0.4) is 0 Å².